The van der Waals surface area contributed by atoms with Crippen LogP contribution in [0.1, 0.15) is 28.4 Å². The van der Waals surface area contributed by atoms with Crippen molar-refractivity contribution in [1.82, 2.24) is 15.0 Å². The molecule has 0 spiro atoms. The van der Waals surface area contributed by atoms with Crippen LogP contribution in [-0.4, -0.2) is 28.0 Å². The lowest BCUT2D eigenvalue weighted by atomic mass is 10.1. The number of aromatic nitrogens is 2. The number of hydrogen-bond acceptors (Lipinski definition) is 7. The van der Waals surface area contributed by atoms with Crippen LogP contribution in [0.5, 0.6) is 11.5 Å². The standard InChI is InChI=1S/C24H24N6O3/c1-3-32-24(31)20-14-30-22(15(20)2)21(19(13-27-30)23(25)29-26)28-16-9-11-18(12-10-16)33-17-7-5-4-6-8-17/h4-14,28H,3,26H2,1-2H3,(H2,25,29). The van der Waals surface area contributed by atoms with Gasteiger partial charge in [0.05, 0.1) is 35.1 Å². The third kappa shape index (κ3) is 4.48. The molecular formula is C24H24N6O3. The van der Waals surface area contributed by atoms with Crippen molar-refractivity contribution in [3.05, 3.63) is 83.7 Å². The van der Waals surface area contributed by atoms with Gasteiger partial charge in [-0.25, -0.2) is 15.2 Å². The van der Waals surface area contributed by atoms with Crippen LogP contribution in [0.3, 0.4) is 0 Å². The predicted octanol–water partition coefficient (Wildman–Crippen LogP) is 4.14. The van der Waals surface area contributed by atoms with Crippen molar-refractivity contribution in [2.75, 3.05) is 11.9 Å². The van der Waals surface area contributed by atoms with E-state index in [1.54, 1.807) is 17.6 Å². The molecule has 0 aliphatic heterocycles. The zero-order valence-corrected chi connectivity index (χ0v) is 18.3. The molecule has 33 heavy (non-hydrogen) atoms. The number of carbonyl (C=O) groups is 1. The molecule has 0 atom stereocenters. The molecule has 2 aromatic carbocycles. The van der Waals surface area contributed by atoms with Gasteiger partial charge in [0.25, 0.3) is 0 Å². The van der Waals surface area contributed by atoms with Crippen LogP contribution in [0.15, 0.2) is 67.0 Å². The molecule has 0 bridgehead atoms. The van der Waals surface area contributed by atoms with E-state index < -0.39 is 5.97 Å². The fourth-order valence-corrected chi connectivity index (χ4v) is 3.47. The summed E-state index contributed by atoms with van der Waals surface area (Å²) in [5, 5.41) is 15.9. The Morgan fingerprint density at radius 3 is 2.45 bits per heavy atom. The Bertz CT molecular complexity index is 1300. The summed E-state index contributed by atoms with van der Waals surface area (Å²) in [6, 6.07) is 16.9. The number of anilines is 2. The van der Waals surface area contributed by atoms with Crippen molar-refractivity contribution in [3.63, 3.8) is 0 Å². The Morgan fingerprint density at radius 2 is 1.79 bits per heavy atom. The molecule has 0 amide bonds. The van der Waals surface area contributed by atoms with E-state index in [0.717, 1.165) is 11.4 Å². The minimum atomic E-state index is -0.428. The molecule has 9 heteroatoms. The van der Waals surface area contributed by atoms with Gasteiger partial charge in [0.2, 0.25) is 0 Å². The molecule has 0 aliphatic rings. The van der Waals surface area contributed by atoms with Crippen LogP contribution in [0, 0.1) is 12.3 Å². The second-order valence-corrected chi connectivity index (χ2v) is 7.20. The number of nitrogens with two attached hydrogens (primary N) is 1. The number of ether oxygens (including phenoxy) is 2. The summed E-state index contributed by atoms with van der Waals surface area (Å²) in [7, 11) is 0. The number of carbonyl (C=O) groups excluding carboxylic acids is 1. The fourth-order valence-electron chi connectivity index (χ4n) is 3.47. The van der Waals surface area contributed by atoms with E-state index >= 15 is 0 Å². The number of fused-ring (bicyclic) bond motifs is 1. The Balaban J connectivity index is 1.72. The first-order valence-corrected chi connectivity index (χ1v) is 10.4. The quantitative estimate of drug-likeness (QED) is 0.111. The largest absolute Gasteiger partial charge is 0.462 e. The summed E-state index contributed by atoms with van der Waals surface area (Å²) >= 11 is 0. The lowest BCUT2D eigenvalue weighted by Crippen LogP contribution is -2.31. The summed E-state index contributed by atoms with van der Waals surface area (Å²) in [6.45, 7) is 3.84. The highest BCUT2D eigenvalue weighted by Crippen LogP contribution is 2.32. The van der Waals surface area contributed by atoms with E-state index in [1.165, 1.54) is 6.20 Å². The maximum Gasteiger partial charge on any atom is 0.340 e. The van der Waals surface area contributed by atoms with Crippen molar-refractivity contribution in [3.8, 4) is 11.5 Å². The van der Waals surface area contributed by atoms with E-state index in [9.17, 15) is 4.79 Å². The number of para-hydroxylation sites is 1. The van der Waals surface area contributed by atoms with Gasteiger partial charge in [-0.3, -0.25) is 5.41 Å². The Hall–Kier alpha value is -4.37. The van der Waals surface area contributed by atoms with Gasteiger partial charge in [0.15, 0.2) is 0 Å². The van der Waals surface area contributed by atoms with Gasteiger partial charge >= 0.3 is 5.97 Å². The van der Waals surface area contributed by atoms with Gasteiger partial charge < -0.3 is 20.2 Å². The monoisotopic (exact) mass is 444 g/mol. The van der Waals surface area contributed by atoms with Crippen molar-refractivity contribution in [2.45, 2.75) is 13.8 Å². The number of esters is 1. The molecule has 0 saturated carbocycles. The van der Waals surface area contributed by atoms with Crippen molar-refractivity contribution < 1.29 is 14.3 Å². The Morgan fingerprint density at radius 1 is 1.09 bits per heavy atom. The molecular weight excluding hydrogens is 420 g/mol. The van der Waals surface area contributed by atoms with Gasteiger partial charge in [-0.2, -0.15) is 5.10 Å². The number of hydrogen-bond donors (Lipinski definition) is 4. The molecule has 168 valence electrons. The number of nitrogens with zero attached hydrogens (tertiary/aromatic N) is 2. The molecule has 0 saturated heterocycles. The molecule has 9 nitrogen and oxygen atoms in total. The van der Waals surface area contributed by atoms with Gasteiger partial charge in [0, 0.05) is 11.9 Å². The van der Waals surface area contributed by atoms with Crippen LogP contribution in [-0.2, 0) is 4.74 Å². The SMILES string of the molecule is CCOC(=O)c1cn2ncc(C(=N)NN)c(Nc3ccc(Oc4ccccc4)cc3)c2c1C. The summed E-state index contributed by atoms with van der Waals surface area (Å²) in [6.07, 6.45) is 3.13. The average Bonchev–Trinajstić information content (AvgIpc) is 3.18. The molecule has 0 unspecified atom stereocenters. The third-order valence-electron chi connectivity index (χ3n) is 5.07. The number of rotatable bonds is 7. The van der Waals surface area contributed by atoms with Crippen LogP contribution in [0.2, 0.25) is 0 Å². The number of benzene rings is 2. The van der Waals surface area contributed by atoms with E-state index in [1.807, 2.05) is 61.5 Å². The summed E-state index contributed by atoms with van der Waals surface area (Å²) < 4.78 is 12.6. The topological polar surface area (TPSA) is 127 Å². The summed E-state index contributed by atoms with van der Waals surface area (Å²) in [5.41, 5.74) is 5.87. The predicted molar refractivity (Wildman–Crippen MR) is 126 cm³/mol. The molecule has 5 N–H and O–H groups in total. The van der Waals surface area contributed by atoms with Crippen molar-refractivity contribution in [2.24, 2.45) is 5.84 Å². The molecule has 4 aromatic rings. The maximum absolute atomic E-state index is 12.4. The summed E-state index contributed by atoms with van der Waals surface area (Å²) in [5.74, 6) is 6.49. The fraction of sp³-hybridized carbons (Fsp3) is 0.125. The highest BCUT2D eigenvalue weighted by molar-refractivity contribution is 6.06. The van der Waals surface area contributed by atoms with E-state index in [2.05, 4.69) is 15.8 Å². The summed E-state index contributed by atoms with van der Waals surface area (Å²) in [4.78, 5) is 12.4. The van der Waals surface area contributed by atoms with E-state index in [-0.39, 0.29) is 12.4 Å². The number of amidine groups is 1. The molecule has 0 radical (unpaired) electrons. The minimum Gasteiger partial charge on any atom is -0.462 e. The average molecular weight is 444 g/mol. The van der Waals surface area contributed by atoms with E-state index in [4.69, 9.17) is 20.7 Å². The van der Waals surface area contributed by atoms with E-state index in [0.29, 0.717) is 33.6 Å². The van der Waals surface area contributed by atoms with Gasteiger partial charge in [-0.1, -0.05) is 18.2 Å². The highest BCUT2D eigenvalue weighted by atomic mass is 16.5. The Labute approximate surface area is 190 Å². The molecule has 0 fully saturated rings. The zero-order chi connectivity index (χ0) is 23.4. The molecule has 2 heterocycles. The second-order valence-electron chi connectivity index (χ2n) is 7.20. The lowest BCUT2D eigenvalue weighted by Gasteiger charge is -2.15. The maximum atomic E-state index is 12.4. The second kappa shape index (κ2) is 9.41. The molecule has 4 rings (SSSR count). The zero-order valence-electron chi connectivity index (χ0n) is 18.3. The van der Waals surface area contributed by atoms with Gasteiger partial charge in [-0.15, -0.1) is 0 Å². The molecule has 2 aromatic heterocycles. The van der Waals surface area contributed by atoms with Crippen LogP contribution in [0.4, 0.5) is 11.4 Å². The van der Waals surface area contributed by atoms with Crippen LogP contribution >= 0.6 is 0 Å². The van der Waals surface area contributed by atoms with Crippen molar-refractivity contribution >= 4 is 28.7 Å². The van der Waals surface area contributed by atoms with Gasteiger partial charge in [-0.05, 0) is 55.8 Å². The number of hydrazine groups is 1. The first kappa shape index (κ1) is 21.8. The number of aryl methyl sites for hydroxylation is 1. The first-order valence-electron chi connectivity index (χ1n) is 10.4. The number of nitrogens with one attached hydrogen (secondary N) is 3. The van der Waals surface area contributed by atoms with Gasteiger partial charge in [0.1, 0.15) is 17.3 Å². The van der Waals surface area contributed by atoms with Crippen LogP contribution in [0.25, 0.3) is 5.52 Å². The first-order chi connectivity index (χ1) is 16.0. The Kier molecular flexibility index (Phi) is 6.23. The molecule has 0 aliphatic carbocycles. The normalized spacial score (nSPS) is 10.6. The van der Waals surface area contributed by atoms with Crippen molar-refractivity contribution in [1.29, 1.82) is 5.41 Å². The lowest BCUT2D eigenvalue weighted by molar-refractivity contribution is 0.0525. The van der Waals surface area contributed by atoms with Crippen LogP contribution < -0.4 is 21.3 Å². The minimum absolute atomic E-state index is 0.0187. The smallest absolute Gasteiger partial charge is 0.340 e. The highest BCUT2D eigenvalue weighted by Gasteiger charge is 2.21. The third-order valence-corrected chi connectivity index (χ3v) is 5.07.